The smallest absolute Gasteiger partial charge is 0.254 e. The Labute approximate surface area is 158 Å². The number of pyridine rings is 1. The molecule has 27 heavy (non-hydrogen) atoms. The van der Waals surface area contributed by atoms with Crippen molar-refractivity contribution in [3.8, 4) is 0 Å². The number of hydrogen-bond donors (Lipinski definition) is 0. The zero-order valence-corrected chi connectivity index (χ0v) is 15.9. The molecule has 0 bridgehead atoms. The molecular weight excluding hydrogens is 338 g/mol. The SMILES string of the molecule is Cc1cccnc1N1CCN(C(=O)c2ccc3nc(C)c(C)nc3c2)CC1. The Morgan fingerprint density at radius 1 is 0.926 bits per heavy atom. The number of hydrogen-bond acceptors (Lipinski definition) is 5. The van der Waals surface area contributed by atoms with Crippen molar-refractivity contribution in [2.75, 3.05) is 31.1 Å². The number of aromatic nitrogens is 3. The van der Waals surface area contributed by atoms with Gasteiger partial charge in [-0.05, 0) is 50.6 Å². The van der Waals surface area contributed by atoms with E-state index in [1.165, 1.54) is 0 Å². The minimum Gasteiger partial charge on any atom is -0.353 e. The molecule has 0 saturated carbocycles. The first-order valence-electron chi connectivity index (χ1n) is 9.24. The molecule has 138 valence electrons. The second-order valence-electron chi connectivity index (χ2n) is 7.02. The average Bonchev–Trinajstić information content (AvgIpc) is 2.68. The molecule has 0 N–H and O–H groups in total. The Bertz CT molecular complexity index is 1010. The molecule has 0 spiro atoms. The van der Waals surface area contributed by atoms with Crippen molar-refractivity contribution in [2.24, 2.45) is 0 Å². The summed E-state index contributed by atoms with van der Waals surface area (Å²) in [7, 11) is 0. The van der Waals surface area contributed by atoms with Gasteiger partial charge in [-0.3, -0.25) is 4.79 Å². The number of fused-ring (bicyclic) bond motifs is 1. The minimum absolute atomic E-state index is 0.0503. The quantitative estimate of drug-likeness (QED) is 0.702. The summed E-state index contributed by atoms with van der Waals surface area (Å²) in [5.74, 6) is 1.06. The van der Waals surface area contributed by atoms with Crippen LogP contribution in [0.5, 0.6) is 0 Å². The van der Waals surface area contributed by atoms with Gasteiger partial charge in [-0.15, -0.1) is 0 Å². The second-order valence-corrected chi connectivity index (χ2v) is 7.02. The number of amides is 1. The molecule has 0 radical (unpaired) electrons. The maximum Gasteiger partial charge on any atom is 0.254 e. The van der Waals surface area contributed by atoms with E-state index in [2.05, 4.69) is 32.8 Å². The van der Waals surface area contributed by atoms with Crippen LogP contribution in [0, 0.1) is 20.8 Å². The zero-order chi connectivity index (χ0) is 19.0. The topological polar surface area (TPSA) is 62.2 Å². The predicted molar refractivity (Wildman–Crippen MR) is 106 cm³/mol. The fourth-order valence-electron chi connectivity index (χ4n) is 3.48. The molecule has 1 amide bonds. The van der Waals surface area contributed by atoms with Gasteiger partial charge in [0.2, 0.25) is 0 Å². The Balaban J connectivity index is 1.50. The van der Waals surface area contributed by atoms with E-state index < -0.39 is 0 Å². The third kappa shape index (κ3) is 3.35. The van der Waals surface area contributed by atoms with E-state index in [4.69, 9.17) is 0 Å². The number of rotatable bonds is 2. The van der Waals surface area contributed by atoms with Gasteiger partial charge in [0.25, 0.3) is 5.91 Å². The minimum atomic E-state index is 0.0503. The van der Waals surface area contributed by atoms with Crippen molar-refractivity contribution in [3.05, 3.63) is 59.0 Å². The molecular formula is C21H23N5O. The molecule has 6 heteroatoms. The maximum atomic E-state index is 12.9. The summed E-state index contributed by atoms with van der Waals surface area (Å²) in [6.07, 6.45) is 1.82. The number of benzene rings is 1. The summed E-state index contributed by atoms with van der Waals surface area (Å²) in [5.41, 5.74) is 5.24. The molecule has 3 heterocycles. The van der Waals surface area contributed by atoms with Gasteiger partial charge in [0.05, 0.1) is 22.4 Å². The maximum absolute atomic E-state index is 12.9. The van der Waals surface area contributed by atoms with Crippen molar-refractivity contribution in [1.29, 1.82) is 0 Å². The molecule has 1 saturated heterocycles. The van der Waals surface area contributed by atoms with Crippen LogP contribution in [-0.4, -0.2) is 51.9 Å². The van der Waals surface area contributed by atoms with E-state index in [1.54, 1.807) is 0 Å². The standard InChI is InChI=1S/C21H23N5O/c1-14-5-4-8-22-20(14)25-9-11-26(12-10-25)21(27)17-6-7-18-19(13-17)24-16(3)15(2)23-18/h4-8,13H,9-12H2,1-3H3. The van der Waals surface area contributed by atoms with Crippen molar-refractivity contribution in [3.63, 3.8) is 0 Å². The monoisotopic (exact) mass is 361 g/mol. The molecule has 3 aromatic rings. The third-order valence-electron chi connectivity index (χ3n) is 5.17. The van der Waals surface area contributed by atoms with Crippen LogP contribution in [0.1, 0.15) is 27.3 Å². The second kappa shape index (κ2) is 6.95. The lowest BCUT2D eigenvalue weighted by Gasteiger charge is -2.36. The molecule has 2 aromatic heterocycles. The van der Waals surface area contributed by atoms with Gasteiger partial charge in [-0.1, -0.05) is 6.07 Å². The van der Waals surface area contributed by atoms with Crippen molar-refractivity contribution in [2.45, 2.75) is 20.8 Å². The van der Waals surface area contributed by atoms with Crippen molar-refractivity contribution >= 4 is 22.8 Å². The summed E-state index contributed by atoms with van der Waals surface area (Å²) >= 11 is 0. The first-order chi connectivity index (χ1) is 13.0. The molecule has 6 nitrogen and oxygen atoms in total. The lowest BCUT2D eigenvalue weighted by molar-refractivity contribution is 0.0746. The number of nitrogens with zero attached hydrogens (tertiary/aromatic N) is 5. The number of aryl methyl sites for hydroxylation is 3. The van der Waals surface area contributed by atoms with Gasteiger partial charge >= 0.3 is 0 Å². The Hall–Kier alpha value is -3.02. The normalized spacial score (nSPS) is 14.6. The lowest BCUT2D eigenvalue weighted by Crippen LogP contribution is -2.49. The fraction of sp³-hybridized carbons (Fsp3) is 0.333. The fourth-order valence-corrected chi connectivity index (χ4v) is 3.48. The van der Waals surface area contributed by atoms with E-state index in [0.29, 0.717) is 18.7 Å². The van der Waals surface area contributed by atoms with Gasteiger partial charge in [0.1, 0.15) is 5.82 Å². The van der Waals surface area contributed by atoms with E-state index in [9.17, 15) is 4.79 Å². The van der Waals surface area contributed by atoms with Crippen LogP contribution in [0.15, 0.2) is 36.5 Å². The molecule has 0 atom stereocenters. The molecule has 4 rings (SSSR count). The Morgan fingerprint density at radius 2 is 1.63 bits per heavy atom. The molecule has 0 aliphatic carbocycles. The highest BCUT2D eigenvalue weighted by Crippen LogP contribution is 2.20. The number of carbonyl (C=O) groups is 1. The molecule has 1 fully saturated rings. The van der Waals surface area contributed by atoms with Gasteiger partial charge in [-0.2, -0.15) is 0 Å². The van der Waals surface area contributed by atoms with E-state index in [1.807, 2.05) is 49.2 Å². The average molecular weight is 361 g/mol. The highest BCUT2D eigenvalue weighted by atomic mass is 16.2. The van der Waals surface area contributed by atoms with Gasteiger partial charge in [-0.25, -0.2) is 15.0 Å². The molecule has 1 aliphatic rings. The Morgan fingerprint density at radius 3 is 2.33 bits per heavy atom. The highest BCUT2D eigenvalue weighted by Gasteiger charge is 2.23. The first kappa shape index (κ1) is 17.4. The van der Waals surface area contributed by atoms with Crippen LogP contribution in [0.4, 0.5) is 5.82 Å². The zero-order valence-electron chi connectivity index (χ0n) is 15.9. The van der Waals surface area contributed by atoms with E-state index in [-0.39, 0.29) is 5.91 Å². The largest absolute Gasteiger partial charge is 0.353 e. The van der Waals surface area contributed by atoms with Crippen LogP contribution >= 0.6 is 0 Å². The van der Waals surface area contributed by atoms with Crippen LogP contribution < -0.4 is 4.90 Å². The molecule has 0 unspecified atom stereocenters. The number of carbonyl (C=O) groups excluding carboxylic acids is 1. The summed E-state index contributed by atoms with van der Waals surface area (Å²) in [5, 5.41) is 0. The summed E-state index contributed by atoms with van der Waals surface area (Å²) in [6.45, 7) is 8.90. The lowest BCUT2D eigenvalue weighted by atomic mass is 10.1. The summed E-state index contributed by atoms with van der Waals surface area (Å²) in [4.78, 5) is 30.7. The summed E-state index contributed by atoms with van der Waals surface area (Å²) < 4.78 is 0. The van der Waals surface area contributed by atoms with Crippen LogP contribution in [-0.2, 0) is 0 Å². The van der Waals surface area contributed by atoms with Gasteiger partial charge in [0.15, 0.2) is 0 Å². The van der Waals surface area contributed by atoms with Gasteiger partial charge < -0.3 is 9.80 Å². The molecule has 1 aliphatic heterocycles. The number of piperazine rings is 1. The van der Waals surface area contributed by atoms with E-state index >= 15 is 0 Å². The molecule has 1 aromatic carbocycles. The summed E-state index contributed by atoms with van der Waals surface area (Å²) in [6, 6.07) is 9.61. The van der Waals surface area contributed by atoms with E-state index in [0.717, 1.165) is 46.9 Å². The van der Waals surface area contributed by atoms with Crippen LogP contribution in [0.3, 0.4) is 0 Å². The first-order valence-corrected chi connectivity index (χ1v) is 9.24. The highest BCUT2D eigenvalue weighted by molar-refractivity contribution is 5.97. The number of anilines is 1. The van der Waals surface area contributed by atoms with Crippen molar-refractivity contribution in [1.82, 2.24) is 19.9 Å². The third-order valence-corrected chi connectivity index (χ3v) is 5.17. The van der Waals surface area contributed by atoms with Crippen LogP contribution in [0.2, 0.25) is 0 Å². The van der Waals surface area contributed by atoms with Crippen molar-refractivity contribution < 1.29 is 4.79 Å². The predicted octanol–water partition coefficient (Wildman–Crippen LogP) is 2.91. The Kier molecular flexibility index (Phi) is 4.48. The van der Waals surface area contributed by atoms with Crippen LogP contribution in [0.25, 0.3) is 11.0 Å². The van der Waals surface area contributed by atoms with Gasteiger partial charge in [0, 0.05) is 37.9 Å².